The number of hydrogen-bond donors (Lipinski definition) is 1. The second kappa shape index (κ2) is 10.2. The van der Waals surface area contributed by atoms with Crippen LogP contribution in [0.25, 0.3) is 21.9 Å². The molecule has 1 aliphatic heterocycles. The molecule has 8 nitrogen and oxygen atoms in total. The third-order valence-corrected chi connectivity index (χ3v) is 7.07. The van der Waals surface area contributed by atoms with Gasteiger partial charge in [-0.15, -0.1) is 0 Å². The molecule has 1 saturated heterocycles. The first-order valence-electron chi connectivity index (χ1n) is 12.5. The lowest BCUT2D eigenvalue weighted by Crippen LogP contribution is -2.43. The van der Waals surface area contributed by atoms with E-state index in [1.54, 1.807) is 18.2 Å². The van der Waals surface area contributed by atoms with Crippen LogP contribution in [0.15, 0.2) is 59.4 Å². The number of carbonyl (C=O) groups is 2. The van der Waals surface area contributed by atoms with E-state index in [0.29, 0.717) is 53.2 Å². The van der Waals surface area contributed by atoms with Gasteiger partial charge in [0.25, 0.3) is 5.56 Å². The van der Waals surface area contributed by atoms with Gasteiger partial charge in [0.05, 0.1) is 37.7 Å². The van der Waals surface area contributed by atoms with Gasteiger partial charge in [0.15, 0.2) is 5.78 Å². The maximum atomic E-state index is 13.9. The maximum absolute atomic E-state index is 13.9. The van der Waals surface area contributed by atoms with Gasteiger partial charge in [-0.3, -0.25) is 18.8 Å². The highest BCUT2D eigenvalue weighted by molar-refractivity contribution is 6.31. The summed E-state index contributed by atoms with van der Waals surface area (Å²) in [6, 6.07) is 15.9. The first kappa shape index (κ1) is 25.9. The van der Waals surface area contributed by atoms with Crippen molar-refractivity contribution in [3.05, 3.63) is 87.1 Å². The normalized spacial score (nSPS) is 14.4. The Balaban J connectivity index is 1.74. The van der Waals surface area contributed by atoms with Crippen molar-refractivity contribution in [2.75, 3.05) is 13.2 Å². The average molecular weight is 534 g/mol. The van der Waals surface area contributed by atoms with Gasteiger partial charge in [-0.05, 0) is 41.6 Å². The molecule has 0 radical (unpaired) electrons. The number of pyridine rings is 1. The van der Waals surface area contributed by atoms with Crippen molar-refractivity contribution in [1.82, 2.24) is 14.3 Å². The van der Waals surface area contributed by atoms with Gasteiger partial charge in [0.1, 0.15) is 5.69 Å². The zero-order chi connectivity index (χ0) is 27.0. The van der Waals surface area contributed by atoms with Crippen molar-refractivity contribution in [3.8, 4) is 11.1 Å². The van der Waals surface area contributed by atoms with E-state index in [-0.39, 0.29) is 41.1 Å². The molecule has 9 heteroatoms. The number of ether oxygens (including phenoxy) is 1. The number of halogens is 1. The lowest BCUT2D eigenvalue weighted by Gasteiger charge is -2.38. The summed E-state index contributed by atoms with van der Waals surface area (Å²) in [5, 5.41) is 15.9. The van der Waals surface area contributed by atoms with Crippen LogP contribution in [0.1, 0.15) is 53.4 Å². The summed E-state index contributed by atoms with van der Waals surface area (Å²) >= 11 is 6.34. The highest BCUT2D eigenvalue weighted by Gasteiger charge is 2.35. The third-order valence-electron chi connectivity index (χ3n) is 6.84. The number of carboxylic acids is 1. The van der Waals surface area contributed by atoms with Crippen LogP contribution in [0.4, 0.5) is 0 Å². The van der Waals surface area contributed by atoms with Gasteiger partial charge in [0.2, 0.25) is 0 Å². The summed E-state index contributed by atoms with van der Waals surface area (Å²) in [6.07, 6.45) is 0.853. The molecule has 0 aliphatic carbocycles. The van der Waals surface area contributed by atoms with E-state index in [1.165, 1.54) is 15.3 Å². The van der Waals surface area contributed by atoms with Crippen molar-refractivity contribution in [2.24, 2.45) is 5.41 Å². The van der Waals surface area contributed by atoms with Crippen LogP contribution in [0.2, 0.25) is 5.02 Å². The fraction of sp³-hybridized carbons (Fsp3) is 0.310. The molecule has 1 fully saturated rings. The zero-order valence-electron chi connectivity index (χ0n) is 21.2. The van der Waals surface area contributed by atoms with Crippen molar-refractivity contribution in [2.45, 2.75) is 39.8 Å². The molecular weight excluding hydrogens is 506 g/mol. The molecule has 2 aromatic heterocycles. The molecule has 5 rings (SSSR count). The average Bonchev–Trinajstić information content (AvgIpc) is 3.27. The molecule has 38 heavy (non-hydrogen) atoms. The van der Waals surface area contributed by atoms with E-state index in [2.05, 4.69) is 5.10 Å². The summed E-state index contributed by atoms with van der Waals surface area (Å²) in [5.74, 6) is -1.29. The quantitative estimate of drug-likeness (QED) is 0.293. The van der Waals surface area contributed by atoms with Crippen LogP contribution < -0.4 is 5.56 Å². The monoisotopic (exact) mass is 533 g/mol. The Kier molecular flexibility index (Phi) is 6.94. The number of carbonyl (C=O) groups excluding carboxylic acids is 1. The summed E-state index contributed by atoms with van der Waals surface area (Å²) in [7, 11) is 0. The molecule has 0 saturated carbocycles. The van der Waals surface area contributed by atoms with Gasteiger partial charge in [-0.2, -0.15) is 5.10 Å². The van der Waals surface area contributed by atoms with Crippen LogP contribution in [0.5, 0.6) is 0 Å². The molecule has 0 bridgehead atoms. The number of benzene rings is 2. The molecule has 0 unspecified atom stereocenters. The number of carboxylic acid groups (broad SMARTS) is 1. The van der Waals surface area contributed by atoms with Crippen molar-refractivity contribution in [1.29, 1.82) is 0 Å². The largest absolute Gasteiger partial charge is 0.477 e. The van der Waals surface area contributed by atoms with Crippen LogP contribution in [0, 0.1) is 5.41 Å². The maximum Gasteiger partial charge on any atom is 0.354 e. The minimum atomic E-state index is -1.11. The lowest BCUT2D eigenvalue weighted by atomic mass is 9.89. The Morgan fingerprint density at radius 3 is 2.47 bits per heavy atom. The number of nitrogens with zero attached hydrogens (tertiary/aromatic N) is 3. The number of ketones is 1. The second-order valence-electron chi connectivity index (χ2n) is 10.1. The number of hydrogen-bond acceptors (Lipinski definition) is 5. The molecule has 3 heterocycles. The summed E-state index contributed by atoms with van der Waals surface area (Å²) in [6.45, 7) is 5.27. The summed E-state index contributed by atoms with van der Waals surface area (Å²) in [4.78, 5) is 39.5. The zero-order valence-corrected chi connectivity index (χ0v) is 22.0. The molecule has 0 spiro atoms. The lowest BCUT2D eigenvalue weighted by molar-refractivity contribution is -0.111. The Morgan fingerprint density at radius 1 is 1.11 bits per heavy atom. The van der Waals surface area contributed by atoms with Gasteiger partial charge < -0.3 is 9.84 Å². The first-order chi connectivity index (χ1) is 18.2. The molecule has 1 aliphatic rings. The Labute approximate surface area is 224 Å². The van der Waals surface area contributed by atoms with Gasteiger partial charge in [-0.25, -0.2) is 4.79 Å². The fourth-order valence-electron chi connectivity index (χ4n) is 5.01. The van der Waals surface area contributed by atoms with E-state index in [1.807, 2.05) is 44.2 Å². The standard InChI is InChI=1S/C29H28ClN3O5/c1-3-7-24(34)26-25(18-8-5-4-6-9-18)22-12-19(30)10-11-21(22)27(35)32(26)14-20-13-23(28(36)37)33(31-20)15-29(2)16-38-17-29/h4-6,8-13H,3,7,14-17H2,1-2H3,(H,36,37). The van der Waals surface area contributed by atoms with Crippen molar-refractivity contribution < 1.29 is 19.4 Å². The number of aromatic carboxylic acids is 1. The third kappa shape index (κ3) is 4.77. The topological polar surface area (TPSA) is 103 Å². The Morgan fingerprint density at radius 2 is 1.84 bits per heavy atom. The van der Waals surface area contributed by atoms with Crippen molar-refractivity contribution >= 4 is 34.1 Å². The number of aromatic nitrogens is 3. The van der Waals surface area contributed by atoms with Gasteiger partial charge >= 0.3 is 5.97 Å². The highest BCUT2D eigenvalue weighted by atomic mass is 35.5. The molecule has 1 N–H and O–H groups in total. The second-order valence-corrected chi connectivity index (χ2v) is 10.6. The SMILES string of the molecule is CCCC(=O)c1c(-c2ccccc2)c2cc(Cl)ccc2c(=O)n1Cc1cc(C(=O)O)n(CC2(C)COC2)n1. The first-order valence-corrected chi connectivity index (χ1v) is 12.9. The fourth-order valence-corrected chi connectivity index (χ4v) is 5.18. The highest BCUT2D eigenvalue weighted by Crippen LogP contribution is 2.34. The van der Waals surface area contributed by atoms with E-state index in [0.717, 1.165) is 5.56 Å². The Hall–Kier alpha value is -3.75. The van der Waals surface area contributed by atoms with Crippen molar-refractivity contribution in [3.63, 3.8) is 0 Å². The minimum Gasteiger partial charge on any atom is -0.477 e. The minimum absolute atomic E-state index is 0.0264. The molecule has 2 aromatic carbocycles. The Bertz CT molecular complexity index is 1600. The van der Waals surface area contributed by atoms with Gasteiger partial charge in [0, 0.05) is 27.8 Å². The molecule has 0 atom stereocenters. The number of fused-ring (bicyclic) bond motifs is 1. The smallest absolute Gasteiger partial charge is 0.354 e. The molecule has 0 amide bonds. The predicted molar refractivity (Wildman–Crippen MR) is 145 cm³/mol. The summed E-state index contributed by atoms with van der Waals surface area (Å²) in [5.41, 5.74) is 1.51. The van der Waals surface area contributed by atoms with Gasteiger partial charge in [-0.1, -0.05) is 55.8 Å². The molecule has 4 aromatic rings. The number of rotatable bonds is 9. The van der Waals surface area contributed by atoms with E-state index < -0.39 is 5.97 Å². The van der Waals surface area contributed by atoms with E-state index >= 15 is 0 Å². The summed E-state index contributed by atoms with van der Waals surface area (Å²) < 4.78 is 8.21. The van der Waals surface area contributed by atoms with Crippen LogP contribution >= 0.6 is 11.6 Å². The number of Topliss-reactive ketones (excluding diaryl/α,β-unsaturated/α-hetero) is 1. The van der Waals surface area contributed by atoms with Crippen LogP contribution in [-0.2, 0) is 17.8 Å². The van der Waals surface area contributed by atoms with E-state index in [9.17, 15) is 19.5 Å². The van der Waals surface area contributed by atoms with E-state index in [4.69, 9.17) is 16.3 Å². The molecular formula is C29H28ClN3O5. The van der Waals surface area contributed by atoms with Crippen LogP contribution in [-0.4, -0.2) is 44.4 Å². The molecule has 196 valence electrons. The predicted octanol–water partition coefficient (Wildman–Crippen LogP) is 5.28. The van der Waals surface area contributed by atoms with Crippen LogP contribution in [0.3, 0.4) is 0 Å².